The van der Waals surface area contributed by atoms with E-state index in [4.69, 9.17) is 4.99 Å². The SMILES string of the molecule is CCNC(=NCCN1CCCN(C)CC1)NCCN1C(=O)C2C3C=CC(C3)C2C1=O. The number of amides is 2. The van der Waals surface area contributed by atoms with Crippen molar-refractivity contribution in [1.29, 1.82) is 0 Å². The molecule has 1 saturated carbocycles. The molecule has 4 rings (SSSR count). The fourth-order valence-corrected chi connectivity index (χ4v) is 5.44. The maximum atomic E-state index is 12.8. The van der Waals surface area contributed by atoms with Crippen LogP contribution in [0.3, 0.4) is 0 Å². The van der Waals surface area contributed by atoms with Crippen molar-refractivity contribution in [1.82, 2.24) is 25.3 Å². The Morgan fingerprint density at radius 2 is 1.77 bits per heavy atom. The molecule has 4 unspecified atom stereocenters. The highest BCUT2D eigenvalue weighted by molar-refractivity contribution is 6.06. The summed E-state index contributed by atoms with van der Waals surface area (Å²) in [4.78, 5) is 36.6. The molecule has 0 aromatic heterocycles. The lowest BCUT2D eigenvalue weighted by molar-refractivity contribution is -0.140. The van der Waals surface area contributed by atoms with Gasteiger partial charge in [-0.1, -0.05) is 12.2 Å². The highest BCUT2D eigenvalue weighted by atomic mass is 16.2. The Bertz CT molecular complexity index is 678. The molecule has 2 aliphatic carbocycles. The molecule has 2 bridgehead atoms. The zero-order chi connectivity index (χ0) is 21.1. The molecule has 4 atom stereocenters. The standard InChI is InChI=1S/C22H36N6O2/c1-3-23-22(24-7-11-27-10-4-9-26(2)13-14-27)25-8-12-28-20(29)18-16-5-6-17(15-16)19(18)21(28)30/h5-6,16-19H,3-4,7-15H2,1-2H3,(H2,23,24,25). The molecule has 2 heterocycles. The van der Waals surface area contributed by atoms with Crippen LogP contribution in [0.2, 0.25) is 0 Å². The van der Waals surface area contributed by atoms with Crippen molar-refractivity contribution in [3.8, 4) is 0 Å². The van der Waals surface area contributed by atoms with Crippen molar-refractivity contribution in [3.63, 3.8) is 0 Å². The fourth-order valence-electron chi connectivity index (χ4n) is 5.44. The van der Waals surface area contributed by atoms with Gasteiger partial charge in [0, 0.05) is 39.3 Å². The number of hydrogen-bond donors (Lipinski definition) is 2. The highest BCUT2D eigenvalue weighted by Gasteiger charge is 2.58. The van der Waals surface area contributed by atoms with E-state index in [0.29, 0.717) is 13.1 Å². The molecule has 0 spiro atoms. The molecule has 2 N–H and O–H groups in total. The number of rotatable bonds is 7. The predicted molar refractivity (Wildman–Crippen MR) is 117 cm³/mol. The van der Waals surface area contributed by atoms with Crippen LogP contribution in [0.1, 0.15) is 19.8 Å². The van der Waals surface area contributed by atoms with Crippen LogP contribution in [0.4, 0.5) is 0 Å². The van der Waals surface area contributed by atoms with Gasteiger partial charge in [0.15, 0.2) is 5.96 Å². The van der Waals surface area contributed by atoms with E-state index in [1.54, 1.807) is 0 Å². The lowest BCUT2D eigenvalue weighted by Crippen LogP contribution is -2.44. The number of aliphatic imine (C=N–C) groups is 1. The van der Waals surface area contributed by atoms with E-state index in [-0.39, 0.29) is 35.5 Å². The summed E-state index contributed by atoms with van der Waals surface area (Å²) in [5, 5.41) is 6.57. The van der Waals surface area contributed by atoms with Gasteiger partial charge in [0.25, 0.3) is 0 Å². The number of carbonyl (C=O) groups excluding carboxylic acids is 2. The van der Waals surface area contributed by atoms with Gasteiger partial charge in [0.2, 0.25) is 11.8 Å². The van der Waals surface area contributed by atoms with Crippen molar-refractivity contribution in [2.24, 2.45) is 28.7 Å². The van der Waals surface area contributed by atoms with Gasteiger partial charge in [-0.15, -0.1) is 0 Å². The normalized spacial score (nSPS) is 32.1. The lowest BCUT2D eigenvalue weighted by Gasteiger charge is -2.20. The van der Waals surface area contributed by atoms with Gasteiger partial charge in [-0.2, -0.15) is 0 Å². The smallest absolute Gasteiger partial charge is 0.233 e. The van der Waals surface area contributed by atoms with Crippen LogP contribution >= 0.6 is 0 Å². The van der Waals surface area contributed by atoms with Gasteiger partial charge in [-0.05, 0) is 51.7 Å². The van der Waals surface area contributed by atoms with Crippen LogP contribution in [0.25, 0.3) is 0 Å². The number of likely N-dealkylation sites (N-methyl/N-ethyl adjacent to an activating group) is 1. The predicted octanol–water partition coefficient (Wildman–Crippen LogP) is -0.0139. The molecule has 3 fully saturated rings. The average molecular weight is 417 g/mol. The summed E-state index contributed by atoms with van der Waals surface area (Å²) < 4.78 is 0. The lowest BCUT2D eigenvalue weighted by atomic mass is 9.85. The van der Waals surface area contributed by atoms with Gasteiger partial charge in [-0.25, -0.2) is 0 Å². The summed E-state index contributed by atoms with van der Waals surface area (Å²) in [7, 11) is 2.18. The van der Waals surface area contributed by atoms with E-state index in [1.165, 1.54) is 11.3 Å². The van der Waals surface area contributed by atoms with E-state index < -0.39 is 0 Å². The molecule has 8 nitrogen and oxygen atoms in total. The summed E-state index contributed by atoms with van der Waals surface area (Å²) in [6, 6.07) is 0. The molecule has 2 aliphatic heterocycles. The average Bonchev–Trinajstić information content (AvgIpc) is 3.36. The minimum Gasteiger partial charge on any atom is -0.357 e. The molecular formula is C22H36N6O2. The molecule has 166 valence electrons. The number of imide groups is 1. The zero-order valence-electron chi connectivity index (χ0n) is 18.3. The topological polar surface area (TPSA) is 80.3 Å². The first-order valence-corrected chi connectivity index (χ1v) is 11.5. The molecule has 4 aliphatic rings. The summed E-state index contributed by atoms with van der Waals surface area (Å²) in [5.74, 6) is 1.13. The second-order valence-electron chi connectivity index (χ2n) is 9.01. The number of nitrogens with zero attached hydrogens (tertiary/aromatic N) is 4. The maximum absolute atomic E-state index is 12.8. The zero-order valence-corrected chi connectivity index (χ0v) is 18.3. The third kappa shape index (κ3) is 4.39. The van der Waals surface area contributed by atoms with E-state index in [9.17, 15) is 9.59 Å². The van der Waals surface area contributed by atoms with Crippen molar-refractivity contribution < 1.29 is 9.59 Å². The molecule has 30 heavy (non-hydrogen) atoms. The third-order valence-corrected chi connectivity index (χ3v) is 7.03. The van der Waals surface area contributed by atoms with Crippen LogP contribution in [-0.4, -0.2) is 98.4 Å². The van der Waals surface area contributed by atoms with Crippen LogP contribution in [0, 0.1) is 23.7 Å². The molecule has 0 aromatic carbocycles. The molecule has 2 amide bonds. The van der Waals surface area contributed by atoms with Gasteiger partial charge in [-0.3, -0.25) is 19.5 Å². The van der Waals surface area contributed by atoms with Gasteiger partial charge < -0.3 is 20.4 Å². The molecule has 2 saturated heterocycles. The number of guanidine groups is 1. The number of allylic oxidation sites excluding steroid dienone is 2. The first kappa shape index (κ1) is 21.3. The molecular weight excluding hydrogens is 380 g/mol. The van der Waals surface area contributed by atoms with Crippen LogP contribution in [0.15, 0.2) is 17.1 Å². The van der Waals surface area contributed by atoms with Gasteiger partial charge >= 0.3 is 0 Å². The van der Waals surface area contributed by atoms with Crippen molar-refractivity contribution in [2.75, 3.05) is 66.0 Å². The number of nitrogens with one attached hydrogen (secondary N) is 2. The Morgan fingerprint density at radius 1 is 1.03 bits per heavy atom. The van der Waals surface area contributed by atoms with E-state index in [1.807, 2.05) is 6.92 Å². The summed E-state index contributed by atoms with van der Waals surface area (Å²) in [6.07, 6.45) is 6.45. The Labute approximate surface area is 179 Å². The Morgan fingerprint density at radius 3 is 2.47 bits per heavy atom. The van der Waals surface area contributed by atoms with Crippen LogP contribution in [0.5, 0.6) is 0 Å². The first-order valence-electron chi connectivity index (χ1n) is 11.5. The van der Waals surface area contributed by atoms with E-state index in [0.717, 1.165) is 58.2 Å². The Kier molecular flexibility index (Phi) is 6.73. The van der Waals surface area contributed by atoms with Crippen molar-refractivity contribution >= 4 is 17.8 Å². The minimum atomic E-state index is -0.109. The summed E-state index contributed by atoms with van der Waals surface area (Å²) in [6.45, 7) is 9.94. The van der Waals surface area contributed by atoms with Crippen molar-refractivity contribution in [2.45, 2.75) is 19.8 Å². The monoisotopic (exact) mass is 416 g/mol. The number of likely N-dealkylation sites (tertiary alicyclic amines) is 1. The third-order valence-electron chi connectivity index (χ3n) is 7.03. The van der Waals surface area contributed by atoms with Gasteiger partial charge in [0.1, 0.15) is 0 Å². The first-order chi connectivity index (χ1) is 14.6. The summed E-state index contributed by atoms with van der Waals surface area (Å²) in [5.41, 5.74) is 0. The van der Waals surface area contributed by atoms with E-state index >= 15 is 0 Å². The van der Waals surface area contributed by atoms with Gasteiger partial charge in [0.05, 0.1) is 18.4 Å². The van der Waals surface area contributed by atoms with Crippen LogP contribution in [-0.2, 0) is 9.59 Å². The second kappa shape index (κ2) is 9.47. The quantitative estimate of drug-likeness (QED) is 0.263. The minimum absolute atomic E-state index is 0.0247. The van der Waals surface area contributed by atoms with Crippen molar-refractivity contribution in [3.05, 3.63) is 12.2 Å². The number of carbonyl (C=O) groups is 2. The Balaban J connectivity index is 1.24. The largest absolute Gasteiger partial charge is 0.357 e. The Hall–Kier alpha value is -1.93. The maximum Gasteiger partial charge on any atom is 0.233 e. The number of fused-ring (bicyclic) bond motifs is 5. The number of hydrogen-bond acceptors (Lipinski definition) is 5. The molecule has 8 heteroatoms. The molecule has 0 radical (unpaired) electrons. The second-order valence-corrected chi connectivity index (χ2v) is 9.01. The molecule has 0 aromatic rings. The highest BCUT2D eigenvalue weighted by Crippen LogP contribution is 2.52. The summed E-state index contributed by atoms with van der Waals surface area (Å²) >= 11 is 0. The van der Waals surface area contributed by atoms with E-state index in [2.05, 4.69) is 39.6 Å². The van der Waals surface area contributed by atoms with Crippen LogP contribution < -0.4 is 10.6 Å². The fraction of sp³-hybridized carbons (Fsp3) is 0.773.